The van der Waals surface area contributed by atoms with E-state index in [9.17, 15) is 14.4 Å². The van der Waals surface area contributed by atoms with Crippen molar-refractivity contribution in [3.63, 3.8) is 0 Å². The smallest absolute Gasteiger partial charge is 0.338 e. The summed E-state index contributed by atoms with van der Waals surface area (Å²) in [6, 6.07) is 3.27. The molecule has 0 spiro atoms. The molecule has 1 saturated heterocycles. The lowest BCUT2D eigenvalue weighted by atomic mass is 9.94. The first-order valence-corrected chi connectivity index (χ1v) is 15.3. The zero-order valence-corrected chi connectivity index (χ0v) is 26.8. The summed E-state index contributed by atoms with van der Waals surface area (Å²) in [6.07, 6.45) is 1.65. The van der Waals surface area contributed by atoms with Gasteiger partial charge in [-0.2, -0.15) is 0 Å². The van der Waals surface area contributed by atoms with Gasteiger partial charge in [0, 0.05) is 46.0 Å². The number of hydrogen-bond donors (Lipinski definition) is 1. The van der Waals surface area contributed by atoms with Crippen molar-refractivity contribution in [3.8, 4) is 0 Å². The maximum absolute atomic E-state index is 13.6. The van der Waals surface area contributed by atoms with Crippen molar-refractivity contribution < 1.29 is 33.3 Å². The van der Waals surface area contributed by atoms with Gasteiger partial charge in [-0.15, -0.1) is 11.3 Å². The number of carbonyl (C=O) groups is 3. The quantitative estimate of drug-likeness (QED) is 0.288. The van der Waals surface area contributed by atoms with E-state index in [0.29, 0.717) is 38.7 Å². The van der Waals surface area contributed by atoms with Gasteiger partial charge >= 0.3 is 17.9 Å². The average Bonchev–Trinajstić information content (AvgIpc) is 3.47. The molecule has 0 saturated carbocycles. The van der Waals surface area contributed by atoms with Gasteiger partial charge in [0.25, 0.3) is 0 Å². The molecule has 2 aliphatic rings. The molecule has 11 nitrogen and oxygen atoms in total. The van der Waals surface area contributed by atoms with Gasteiger partial charge in [-0.25, -0.2) is 9.78 Å². The number of hydrogen-bond acceptors (Lipinski definition) is 12. The molecule has 3 heterocycles. The largest absolute Gasteiger partial charge is 0.463 e. The van der Waals surface area contributed by atoms with Crippen LogP contribution in [0.25, 0.3) is 0 Å². The zero-order chi connectivity index (χ0) is 31.3. The van der Waals surface area contributed by atoms with Crippen molar-refractivity contribution in [3.05, 3.63) is 61.7 Å². The number of aromatic nitrogens is 1. The molecule has 1 fully saturated rings. The Hall–Kier alpha value is -3.03. The molecule has 0 bridgehead atoms. The van der Waals surface area contributed by atoms with E-state index in [4.69, 9.17) is 47.1 Å². The molecule has 0 amide bonds. The average molecular weight is 654 g/mol. The van der Waals surface area contributed by atoms with E-state index in [1.165, 1.54) is 11.3 Å². The Morgan fingerprint density at radius 2 is 1.98 bits per heavy atom. The first kappa shape index (κ1) is 32.9. The Balaban J connectivity index is 1.73. The van der Waals surface area contributed by atoms with Gasteiger partial charge in [0.15, 0.2) is 10.8 Å². The third kappa shape index (κ3) is 8.12. The monoisotopic (exact) mass is 652 g/mol. The summed E-state index contributed by atoms with van der Waals surface area (Å²) in [7, 11) is 0. The minimum atomic E-state index is -0.858. The van der Waals surface area contributed by atoms with Crippen LogP contribution >= 0.6 is 34.5 Å². The molecule has 2 aliphatic heterocycles. The number of halogens is 2. The van der Waals surface area contributed by atoms with Crippen molar-refractivity contribution in [1.82, 2.24) is 15.2 Å². The molecule has 1 aromatic heterocycles. The number of thiazole rings is 1. The Labute approximate surface area is 264 Å². The number of benzene rings is 1. The summed E-state index contributed by atoms with van der Waals surface area (Å²) in [5, 5.41) is 6.46. The lowest BCUT2D eigenvalue weighted by molar-refractivity contribution is -0.182. The van der Waals surface area contributed by atoms with Crippen molar-refractivity contribution in [1.29, 1.82) is 0 Å². The van der Waals surface area contributed by atoms with Crippen molar-refractivity contribution in [2.75, 3.05) is 33.1 Å². The van der Waals surface area contributed by atoms with Crippen LogP contribution in [0.2, 0.25) is 10.0 Å². The molecular weight excluding hydrogens is 619 g/mol. The van der Waals surface area contributed by atoms with Gasteiger partial charge in [-0.05, 0) is 32.9 Å². The van der Waals surface area contributed by atoms with Crippen LogP contribution in [0.5, 0.6) is 0 Å². The van der Waals surface area contributed by atoms with E-state index in [1.807, 2.05) is 24.1 Å². The topological polar surface area (TPSA) is 129 Å². The third-order valence-electron chi connectivity index (χ3n) is 6.68. The molecular formula is C29H34Cl2N4O7S. The van der Waals surface area contributed by atoms with Gasteiger partial charge in [0.2, 0.25) is 6.79 Å². The van der Waals surface area contributed by atoms with Crippen molar-refractivity contribution in [2.24, 2.45) is 10.9 Å². The third-order valence-corrected chi connectivity index (χ3v) is 8.02. The standard InChI is InChI=1S/C29H34Cl2N4O7S/c1-6-39-28(38)22-20(12-35-14-29(4,5)42-13-21(35)27(37)41-15-40-26(36)16(2)3)33-24(25-32-9-10-43-25)34-23(22)18-8-7-17(30)11-19(18)31/h7-11,16,21,23H,6,12-15H2,1-5H3,(H,33,34). The van der Waals surface area contributed by atoms with Crippen LogP contribution < -0.4 is 5.32 Å². The number of morpholine rings is 1. The summed E-state index contributed by atoms with van der Waals surface area (Å²) in [5.41, 5.74) is 0.614. The minimum absolute atomic E-state index is 0.0197. The molecule has 4 rings (SSSR count). The normalized spacial score (nSPS) is 20.3. The van der Waals surface area contributed by atoms with Gasteiger partial charge in [-0.3, -0.25) is 19.5 Å². The molecule has 2 atom stereocenters. The van der Waals surface area contributed by atoms with Crippen LogP contribution in [0.3, 0.4) is 0 Å². The van der Waals surface area contributed by atoms with Crippen LogP contribution in [0.1, 0.15) is 51.2 Å². The Morgan fingerprint density at radius 1 is 1.21 bits per heavy atom. The molecule has 2 aromatic rings. The number of carbonyl (C=O) groups excluding carboxylic acids is 3. The number of nitrogens with one attached hydrogen (secondary N) is 1. The van der Waals surface area contributed by atoms with E-state index in [1.54, 1.807) is 45.2 Å². The summed E-state index contributed by atoms with van der Waals surface area (Å²) in [6.45, 7) is 8.93. The zero-order valence-electron chi connectivity index (χ0n) is 24.5. The second-order valence-corrected chi connectivity index (χ2v) is 12.6. The number of esters is 3. The number of aliphatic imine (C=N–C) groups is 1. The lowest BCUT2D eigenvalue weighted by Gasteiger charge is -2.43. The highest BCUT2D eigenvalue weighted by atomic mass is 35.5. The van der Waals surface area contributed by atoms with Gasteiger partial charge in [0.05, 0.1) is 30.3 Å². The van der Waals surface area contributed by atoms with Gasteiger partial charge in [0.1, 0.15) is 12.1 Å². The minimum Gasteiger partial charge on any atom is -0.463 e. The van der Waals surface area contributed by atoms with E-state index in [-0.39, 0.29) is 31.2 Å². The molecule has 0 aliphatic carbocycles. The number of ether oxygens (including phenoxy) is 4. The lowest BCUT2D eigenvalue weighted by Crippen LogP contribution is -2.58. The van der Waals surface area contributed by atoms with Crippen LogP contribution in [-0.4, -0.2) is 78.4 Å². The van der Waals surface area contributed by atoms with E-state index in [0.717, 1.165) is 0 Å². The predicted octanol–water partition coefficient (Wildman–Crippen LogP) is 4.54. The van der Waals surface area contributed by atoms with E-state index < -0.39 is 42.4 Å². The van der Waals surface area contributed by atoms with Gasteiger partial charge < -0.3 is 24.3 Å². The Bertz CT molecular complexity index is 1410. The molecule has 232 valence electrons. The predicted molar refractivity (Wildman–Crippen MR) is 162 cm³/mol. The fourth-order valence-corrected chi connectivity index (χ4v) is 5.72. The highest BCUT2D eigenvalue weighted by molar-refractivity contribution is 7.11. The molecule has 1 N–H and O–H groups in total. The highest BCUT2D eigenvalue weighted by Crippen LogP contribution is 2.38. The molecule has 14 heteroatoms. The molecule has 1 aromatic carbocycles. The Morgan fingerprint density at radius 3 is 2.63 bits per heavy atom. The van der Waals surface area contributed by atoms with Gasteiger partial charge in [-0.1, -0.05) is 43.1 Å². The number of amidine groups is 1. The van der Waals surface area contributed by atoms with Crippen LogP contribution in [-0.2, 0) is 33.3 Å². The summed E-state index contributed by atoms with van der Waals surface area (Å²) < 4.78 is 21.8. The second-order valence-electron chi connectivity index (χ2n) is 10.8. The first-order valence-electron chi connectivity index (χ1n) is 13.7. The van der Waals surface area contributed by atoms with E-state index in [2.05, 4.69) is 10.3 Å². The van der Waals surface area contributed by atoms with Crippen molar-refractivity contribution in [2.45, 2.75) is 52.3 Å². The maximum atomic E-state index is 13.6. The van der Waals surface area contributed by atoms with Crippen LogP contribution in [0.4, 0.5) is 0 Å². The van der Waals surface area contributed by atoms with Crippen LogP contribution in [0.15, 0.2) is 46.0 Å². The first-order chi connectivity index (χ1) is 20.4. The van der Waals surface area contributed by atoms with Crippen LogP contribution in [0, 0.1) is 5.92 Å². The highest BCUT2D eigenvalue weighted by Gasteiger charge is 2.41. The van der Waals surface area contributed by atoms with Crippen molar-refractivity contribution >= 4 is 58.3 Å². The van der Waals surface area contributed by atoms with E-state index >= 15 is 0 Å². The maximum Gasteiger partial charge on any atom is 0.338 e. The molecule has 43 heavy (non-hydrogen) atoms. The summed E-state index contributed by atoms with van der Waals surface area (Å²) in [5.74, 6) is -1.64. The molecule has 0 radical (unpaired) electrons. The number of rotatable bonds is 10. The molecule has 2 unspecified atom stereocenters. The summed E-state index contributed by atoms with van der Waals surface area (Å²) in [4.78, 5) is 49.7. The fraction of sp³-hybridized carbons (Fsp3) is 0.483. The summed E-state index contributed by atoms with van der Waals surface area (Å²) >= 11 is 14.2. The number of nitrogens with zero attached hydrogens (tertiary/aromatic N) is 3. The fourth-order valence-electron chi connectivity index (χ4n) is 4.62. The SMILES string of the molecule is CCOC(=O)C1=C(CN2CC(C)(C)OCC2C(=O)OCOC(=O)C(C)C)NC(c2nccs2)=NC1c1ccc(Cl)cc1Cl. The second kappa shape index (κ2) is 14.2. The Kier molecular flexibility index (Phi) is 10.8.